The van der Waals surface area contributed by atoms with Gasteiger partial charge < -0.3 is 19.2 Å². The van der Waals surface area contributed by atoms with E-state index in [-0.39, 0.29) is 19.0 Å². The van der Waals surface area contributed by atoms with E-state index in [4.69, 9.17) is 25.5 Å². The first-order chi connectivity index (χ1) is 15.4. The monoisotopic (exact) mass is 455 g/mol. The molecule has 1 atom stereocenters. The summed E-state index contributed by atoms with van der Waals surface area (Å²) in [7, 11) is 0. The number of ether oxygens (including phenoxy) is 2. The van der Waals surface area contributed by atoms with E-state index in [2.05, 4.69) is 5.32 Å². The van der Waals surface area contributed by atoms with Gasteiger partial charge in [-0.3, -0.25) is 4.79 Å². The van der Waals surface area contributed by atoms with Crippen molar-refractivity contribution >= 4 is 23.4 Å². The molecule has 0 saturated heterocycles. The number of carbonyl (C=O) groups excluding carboxylic acids is 2. The van der Waals surface area contributed by atoms with Crippen molar-refractivity contribution in [2.75, 3.05) is 6.61 Å². The minimum Gasteiger partial charge on any atom is -0.486 e. The minimum atomic E-state index is -0.593. The van der Waals surface area contributed by atoms with Gasteiger partial charge in [-0.25, -0.2) is 4.79 Å². The number of furan rings is 1. The molecule has 1 aliphatic carbocycles. The fourth-order valence-electron chi connectivity index (χ4n) is 4.24. The van der Waals surface area contributed by atoms with Crippen LogP contribution in [0.3, 0.4) is 0 Å². The lowest BCUT2D eigenvalue weighted by Gasteiger charge is -2.32. The van der Waals surface area contributed by atoms with Crippen LogP contribution in [0.25, 0.3) is 0 Å². The third-order valence-corrected chi connectivity index (χ3v) is 6.17. The molecule has 1 aromatic heterocycles. The number of benzene rings is 1. The summed E-state index contributed by atoms with van der Waals surface area (Å²) >= 11 is 6.08. The number of hydrogen-bond donors (Lipinski definition) is 1. The Morgan fingerprint density at radius 3 is 2.78 bits per heavy atom. The second-order valence-electron chi connectivity index (χ2n) is 7.99. The fourth-order valence-corrected chi connectivity index (χ4v) is 4.35. The molecular weight excluding hydrogens is 430 g/mol. The van der Waals surface area contributed by atoms with Crippen LogP contribution in [0, 0.1) is 6.92 Å². The van der Waals surface area contributed by atoms with Crippen molar-refractivity contribution < 1.29 is 23.5 Å². The van der Waals surface area contributed by atoms with E-state index in [0.29, 0.717) is 45.6 Å². The van der Waals surface area contributed by atoms with Crippen LogP contribution in [0.1, 0.15) is 56.1 Å². The molecule has 1 aliphatic heterocycles. The maximum atomic E-state index is 12.9. The highest BCUT2D eigenvalue weighted by Crippen LogP contribution is 2.43. The number of aryl methyl sites for hydroxylation is 1. The Hall–Kier alpha value is -2.99. The van der Waals surface area contributed by atoms with Gasteiger partial charge in [0.1, 0.15) is 23.9 Å². The van der Waals surface area contributed by atoms with E-state index in [1.807, 2.05) is 26.0 Å². The summed E-state index contributed by atoms with van der Waals surface area (Å²) in [5, 5.41) is 3.94. The van der Waals surface area contributed by atoms with Gasteiger partial charge in [0, 0.05) is 28.4 Å². The second-order valence-corrected chi connectivity index (χ2v) is 8.40. The van der Waals surface area contributed by atoms with Gasteiger partial charge in [-0.2, -0.15) is 0 Å². The van der Waals surface area contributed by atoms with Crippen LogP contribution in [0.15, 0.2) is 57.3 Å². The van der Waals surface area contributed by atoms with Crippen molar-refractivity contribution in [2.24, 2.45) is 0 Å². The smallest absolute Gasteiger partial charge is 0.336 e. The van der Waals surface area contributed by atoms with Gasteiger partial charge in [0.2, 0.25) is 0 Å². The average molecular weight is 456 g/mol. The Bertz CT molecular complexity index is 1130. The maximum absolute atomic E-state index is 12.9. The molecule has 1 unspecified atom stereocenters. The van der Waals surface area contributed by atoms with E-state index in [1.165, 1.54) is 0 Å². The largest absolute Gasteiger partial charge is 0.486 e. The highest BCUT2D eigenvalue weighted by atomic mass is 35.5. The average Bonchev–Trinajstić information content (AvgIpc) is 3.22. The molecule has 1 N–H and O–H groups in total. The normalized spacial score (nSPS) is 18.4. The first kappa shape index (κ1) is 22.2. The Morgan fingerprint density at radius 2 is 2.03 bits per heavy atom. The van der Waals surface area contributed by atoms with Crippen molar-refractivity contribution in [3.63, 3.8) is 0 Å². The molecule has 2 heterocycles. The topological polar surface area (TPSA) is 77.8 Å². The summed E-state index contributed by atoms with van der Waals surface area (Å²) in [5.41, 5.74) is 3.49. The lowest BCUT2D eigenvalue weighted by Crippen LogP contribution is -2.34. The molecule has 0 amide bonds. The predicted octanol–water partition coefficient (Wildman–Crippen LogP) is 5.35. The number of ketones is 1. The van der Waals surface area contributed by atoms with Crippen LogP contribution in [0.5, 0.6) is 5.75 Å². The molecule has 0 fully saturated rings. The number of hydrogen-bond acceptors (Lipinski definition) is 6. The first-order valence-electron chi connectivity index (χ1n) is 10.8. The molecule has 1 aromatic carbocycles. The van der Waals surface area contributed by atoms with Crippen molar-refractivity contribution in [1.82, 2.24) is 5.32 Å². The molecule has 0 spiro atoms. The van der Waals surface area contributed by atoms with Crippen molar-refractivity contribution in [2.45, 2.75) is 52.6 Å². The zero-order valence-corrected chi connectivity index (χ0v) is 19.2. The fraction of sp³-hybridized carbons (Fsp3) is 0.360. The number of esters is 1. The second kappa shape index (κ2) is 9.25. The van der Waals surface area contributed by atoms with Crippen LogP contribution >= 0.6 is 11.6 Å². The van der Waals surface area contributed by atoms with Gasteiger partial charge in [0.05, 0.1) is 18.1 Å². The molecular formula is C25H26ClNO5. The Kier molecular flexibility index (Phi) is 6.42. The summed E-state index contributed by atoms with van der Waals surface area (Å²) < 4.78 is 17.2. The number of nitrogens with one attached hydrogen (secondary N) is 1. The van der Waals surface area contributed by atoms with E-state index in [0.717, 1.165) is 24.1 Å². The maximum Gasteiger partial charge on any atom is 0.336 e. The summed E-state index contributed by atoms with van der Waals surface area (Å²) in [4.78, 5) is 25.7. The molecule has 0 bridgehead atoms. The molecule has 168 valence electrons. The molecule has 7 heteroatoms. The number of allylic oxidation sites excluding steroid dienone is 3. The zero-order valence-electron chi connectivity index (χ0n) is 18.4. The molecule has 2 aromatic rings. The van der Waals surface area contributed by atoms with Crippen molar-refractivity contribution in [1.29, 1.82) is 0 Å². The lowest BCUT2D eigenvalue weighted by molar-refractivity contribution is -0.138. The number of Topliss-reactive ketones (excluding diaryl/α,β-unsaturated/α-hetero) is 1. The van der Waals surface area contributed by atoms with Crippen molar-refractivity contribution in [3.05, 3.63) is 75.0 Å². The number of carbonyl (C=O) groups is 2. The number of dihydropyridines is 1. The molecule has 2 aliphatic rings. The van der Waals surface area contributed by atoms with Crippen LogP contribution in [-0.4, -0.2) is 18.4 Å². The van der Waals surface area contributed by atoms with E-state index >= 15 is 0 Å². The van der Waals surface area contributed by atoms with Gasteiger partial charge in [-0.15, -0.1) is 0 Å². The number of halogens is 1. The van der Waals surface area contributed by atoms with Crippen molar-refractivity contribution in [3.8, 4) is 5.75 Å². The lowest BCUT2D eigenvalue weighted by atomic mass is 9.77. The SMILES string of the molecule is CCOC(=O)C1=C(C)NC2=C(C(=O)CCC2)C1c1ccc(COc2ccc(Cl)c(C)c2)o1. The number of rotatable bonds is 6. The standard InChI is InChI=1S/C25H26ClNO5/c1-4-30-25(29)22-15(3)27-19-6-5-7-20(28)23(19)24(22)21-11-9-17(32-21)13-31-16-8-10-18(26)14(2)12-16/h8-12,24,27H,4-7,13H2,1-3H3. The first-order valence-corrected chi connectivity index (χ1v) is 11.2. The molecule has 6 nitrogen and oxygen atoms in total. The van der Waals surface area contributed by atoms with Crippen LogP contribution in [-0.2, 0) is 20.9 Å². The summed E-state index contributed by atoms with van der Waals surface area (Å²) in [6, 6.07) is 9.07. The van der Waals surface area contributed by atoms with Gasteiger partial charge in [0.25, 0.3) is 0 Å². The van der Waals surface area contributed by atoms with Gasteiger partial charge in [0.15, 0.2) is 5.78 Å². The Balaban J connectivity index is 1.64. The van der Waals surface area contributed by atoms with Crippen LogP contribution in [0.4, 0.5) is 0 Å². The Labute approximate surface area is 192 Å². The molecule has 0 radical (unpaired) electrons. The van der Waals surface area contributed by atoms with E-state index in [9.17, 15) is 9.59 Å². The summed E-state index contributed by atoms with van der Waals surface area (Å²) in [6.07, 6.45) is 2.01. The van der Waals surface area contributed by atoms with E-state index < -0.39 is 11.9 Å². The minimum absolute atomic E-state index is 0.0314. The molecule has 0 saturated carbocycles. The van der Waals surface area contributed by atoms with Crippen LogP contribution in [0.2, 0.25) is 5.02 Å². The summed E-state index contributed by atoms with van der Waals surface area (Å²) in [5.74, 6) is 0.800. The van der Waals surface area contributed by atoms with Gasteiger partial charge >= 0.3 is 5.97 Å². The van der Waals surface area contributed by atoms with Gasteiger partial charge in [-0.1, -0.05) is 11.6 Å². The van der Waals surface area contributed by atoms with Crippen LogP contribution < -0.4 is 10.1 Å². The van der Waals surface area contributed by atoms with Gasteiger partial charge in [-0.05, 0) is 69.5 Å². The third kappa shape index (κ3) is 4.32. The highest BCUT2D eigenvalue weighted by Gasteiger charge is 2.40. The third-order valence-electron chi connectivity index (χ3n) is 5.75. The zero-order chi connectivity index (χ0) is 22.8. The van der Waals surface area contributed by atoms with E-state index in [1.54, 1.807) is 25.1 Å². The Morgan fingerprint density at radius 1 is 1.22 bits per heavy atom. The predicted molar refractivity (Wildman–Crippen MR) is 120 cm³/mol. The summed E-state index contributed by atoms with van der Waals surface area (Å²) in [6.45, 7) is 5.97. The molecule has 4 rings (SSSR count). The highest BCUT2D eigenvalue weighted by molar-refractivity contribution is 6.31. The molecule has 32 heavy (non-hydrogen) atoms. The quantitative estimate of drug-likeness (QED) is 0.591.